The second kappa shape index (κ2) is 11.6. The number of carbonyl (C=O) groups excluding carboxylic acids is 2. The van der Waals surface area contributed by atoms with Gasteiger partial charge >= 0.3 is 6.09 Å². The number of fused-ring (bicyclic) bond motifs is 1. The summed E-state index contributed by atoms with van der Waals surface area (Å²) < 4.78 is 38.5. The number of nitrogens with zero attached hydrogens (tertiary/aromatic N) is 2. The first-order valence-electron chi connectivity index (χ1n) is 13.9. The summed E-state index contributed by atoms with van der Waals surface area (Å²) in [6.45, 7) is 7.64. The summed E-state index contributed by atoms with van der Waals surface area (Å²) in [6, 6.07) is 4.17. The molecule has 0 unspecified atom stereocenters. The zero-order valence-electron chi connectivity index (χ0n) is 23.6. The van der Waals surface area contributed by atoms with Crippen LogP contribution >= 0.6 is 0 Å². The molecule has 2 aliphatic carbocycles. The molecule has 2 aromatic heterocycles. The van der Waals surface area contributed by atoms with Crippen LogP contribution in [0.25, 0.3) is 22.3 Å². The quantitative estimate of drug-likeness (QED) is 0.256. The fraction of sp³-hybridized carbons (Fsp3) is 0.517. The Hall–Kier alpha value is -3.80. The Bertz CT molecular complexity index is 1430. The molecule has 5 rings (SSSR count). The molecule has 2 aliphatic rings. The van der Waals surface area contributed by atoms with Gasteiger partial charge < -0.3 is 19.8 Å². The lowest BCUT2D eigenvalue weighted by atomic mass is 10.0. The van der Waals surface area contributed by atoms with E-state index in [1.165, 1.54) is 18.5 Å². The average molecular weight is 571 g/mol. The number of rotatable bonds is 9. The number of hydrazine groups is 1. The molecule has 0 aliphatic heterocycles. The maximum Gasteiger partial charge on any atom is 0.422 e. The Morgan fingerprint density at radius 2 is 1.88 bits per heavy atom. The minimum atomic E-state index is -2.65. The van der Waals surface area contributed by atoms with Crippen LogP contribution in [0.4, 0.5) is 13.6 Å². The van der Waals surface area contributed by atoms with Crippen LogP contribution in [0.3, 0.4) is 0 Å². The minimum absolute atomic E-state index is 0.0259. The fourth-order valence-electron chi connectivity index (χ4n) is 5.06. The molecule has 4 N–H and O–H groups in total. The first-order valence-corrected chi connectivity index (χ1v) is 13.9. The highest BCUT2D eigenvalue weighted by Crippen LogP contribution is 2.38. The SMILES string of the molecule is Cc1[nH]c2c(-c3cc(C(F)F)ccc3OCC3CC3)ncnc2c1C(=O)N[C@H]1CC[C@H](NNC(=O)OC(C)(C)C)C1. The van der Waals surface area contributed by atoms with Crippen molar-refractivity contribution in [3.63, 3.8) is 0 Å². The van der Waals surface area contributed by atoms with Gasteiger partial charge in [-0.25, -0.2) is 29.0 Å². The van der Waals surface area contributed by atoms with Gasteiger partial charge in [0.25, 0.3) is 12.3 Å². The molecule has 2 heterocycles. The smallest absolute Gasteiger partial charge is 0.422 e. The second-order valence-electron chi connectivity index (χ2n) is 11.8. The summed E-state index contributed by atoms with van der Waals surface area (Å²) in [5.41, 5.74) is 7.46. The van der Waals surface area contributed by atoms with Gasteiger partial charge in [0.15, 0.2) is 0 Å². The van der Waals surface area contributed by atoms with Gasteiger partial charge in [0.1, 0.15) is 28.9 Å². The summed E-state index contributed by atoms with van der Waals surface area (Å²) >= 11 is 0. The highest BCUT2D eigenvalue weighted by molar-refractivity contribution is 6.09. The summed E-state index contributed by atoms with van der Waals surface area (Å²) in [5, 5.41) is 3.08. The molecule has 0 radical (unpaired) electrons. The van der Waals surface area contributed by atoms with Crippen LogP contribution in [0.5, 0.6) is 5.75 Å². The van der Waals surface area contributed by atoms with E-state index in [4.69, 9.17) is 9.47 Å². The third kappa shape index (κ3) is 6.92. The number of aromatic nitrogens is 3. The standard InChI is InChI=1S/C29H36F2N6O4/c1-15-22(27(38)35-18-8-9-19(12-18)36-37-28(39)41-29(2,3)4)24-25(34-15)23(32-14-33-24)20-11-17(26(30)31)7-10-21(20)40-13-16-5-6-16/h7,10-11,14,16,18-19,26,34,36H,5-6,8-9,12-13H2,1-4H3,(H,35,38)(H,37,39)/t18-,19-/m0/s1. The van der Waals surface area contributed by atoms with E-state index in [-0.39, 0.29) is 23.6 Å². The highest BCUT2D eigenvalue weighted by Gasteiger charge is 2.30. The molecule has 12 heteroatoms. The van der Waals surface area contributed by atoms with Crippen molar-refractivity contribution in [2.45, 2.75) is 83.9 Å². The molecule has 41 heavy (non-hydrogen) atoms. The van der Waals surface area contributed by atoms with Gasteiger partial charge in [-0.2, -0.15) is 0 Å². The van der Waals surface area contributed by atoms with Crippen molar-refractivity contribution in [3.8, 4) is 17.0 Å². The number of hydrogen-bond acceptors (Lipinski definition) is 7. The monoisotopic (exact) mass is 570 g/mol. The zero-order chi connectivity index (χ0) is 29.3. The van der Waals surface area contributed by atoms with E-state index in [0.717, 1.165) is 25.7 Å². The fourth-order valence-corrected chi connectivity index (χ4v) is 5.06. The largest absolute Gasteiger partial charge is 0.493 e. The van der Waals surface area contributed by atoms with Gasteiger partial charge in [0.05, 0.1) is 17.7 Å². The number of carbonyl (C=O) groups is 2. The number of halogens is 2. The predicted molar refractivity (Wildman–Crippen MR) is 149 cm³/mol. The molecule has 2 saturated carbocycles. The molecule has 0 saturated heterocycles. The number of amides is 2. The van der Waals surface area contributed by atoms with Crippen molar-refractivity contribution in [3.05, 3.63) is 41.3 Å². The lowest BCUT2D eigenvalue weighted by Gasteiger charge is -2.21. The summed E-state index contributed by atoms with van der Waals surface area (Å²) in [6.07, 6.45) is 2.40. The van der Waals surface area contributed by atoms with Gasteiger partial charge in [-0.15, -0.1) is 0 Å². The highest BCUT2D eigenvalue weighted by atomic mass is 19.3. The number of alkyl halides is 2. The van der Waals surface area contributed by atoms with Crippen LogP contribution in [0.2, 0.25) is 0 Å². The van der Waals surface area contributed by atoms with Crippen LogP contribution in [0.15, 0.2) is 24.5 Å². The third-order valence-electron chi connectivity index (χ3n) is 7.23. The van der Waals surface area contributed by atoms with E-state index in [0.29, 0.717) is 58.2 Å². The van der Waals surface area contributed by atoms with Crippen LogP contribution in [0, 0.1) is 12.8 Å². The van der Waals surface area contributed by atoms with Crippen molar-refractivity contribution < 1.29 is 27.8 Å². The topological polar surface area (TPSA) is 130 Å². The number of H-pyrrole nitrogens is 1. The Morgan fingerprint density at radius 1 is 1.12 bits per heavy atom. The molecule has 10 nitrogen and oxygen atoms in total. The lowest BCUT2D eigenvalue weighted by molar-refractivity contribution is 0.0487. The normalized spacial score (nSPS) is 19.0. The summed E-state index contributed by atoms with van der Waals surface area (Å²) in [7, 11) is 0. The average Bonchev–Trinajstić information content (AvgIpc) is 3.52. The first kappa shape index (κ1) is 28.7. The van der Waals surface area contributed by atoms with Crippen molar-refractivity contribution in [2.75, 3.05) is 6.61 Å². The van der Waals surface area contributed by atoms with E-state index in [1.807, 2.05) is 0 Å². The maximum absolute atomic E-state index is 13.6. The second-order valence-corrected chi connectivity index (χ2v) is 11.8. The predicted octanol–water partition coefficient (Wildman–Crippen LogP) is 5.34. The van der Waals surface area contributed by atoms with E-state index < -0.39 is 18.1 Å². The molecular weight excluding hydrogens is 534 g/mol. The van der Waals surface area contributed by atoms with E-state index >= 15 is 0 Å². The number of aromatic amines is 1. The molecule has 2 amide bonds. The van der Waals surface area contributed by atoms with Gasteiger partial charge in [0.2, 0.25) is 0 Å². The van der Waals surface area contributed by atoms with E-state index in [1.54, 1.807) is 33.8 Å². The summed E-state index contributed by atoms with van der Waals surface area (Å²) in [4.78, 5) is 37.4. The molecule has 2 fully saturated rings. The summed E-state index contributed by atoms with van der Waals surface area (Å²) in [5.74, 6) is 0.643. The molecular formula is C29H36F2N6O4. The first-order chi connectivity index (χ1) is 19.5. The zero-order valence-corrected chi connectivity index (χ0v) is 23.6. The molecule has 2 atom stereocenters. The van der Waals surface area contributed by atoms with Crippen LogP contribution < -0.4 is 20.9 Å². The van der Waals surface area contributed by atoms with Crippen molar-refractivity contribution in [1.29, 1.82) is 0 Å². The van der Waals surface area contributed by atoms with Gasteiger partial charge in [0, 0.05) is 28.9 Å². The van der Waals surface area contributed by atoms with Gasteiger partial charge in [-0.05, 0) is 83.9 Å². The maximum atomic E-state index is 13.6. The Balaban J connectivity index is 1.33. The number of hydrogen-bond donors (Lipinski definition) is 4. The minimum Gasteiger partial charge on any atom is -0.493 e. The number of aryl methyl sites for hydroxylation is 1. The van der Waals surface area contributed by atoms with Crippen molar-refractivity contribution >= 4 is 23.0 Å². The van der Waals surface area contributed by atoms with E-state index in [9.17, 15) is 18.4 Å². The number of ether oxygens (including phenoxy) is 2. The van der Waals surface area contributed by atoms with Crippen molar-refractivity contribution in [2.24, 2.45) is 5.92 Å². The Morgan fingerprint density at radius 3 is 2.59 bits per heavy atom. The number of benzene rings is 1. The van der Waals surface area contributed by atoms with Crippen LogP contribution in [-0.4, -0.2) is 51.2 Å². The number of nitrogens with one attached hydrogen (secondary N) is 4. The van der Waals surface area contributed by atoms with Gasteiger partial charge in [-0.3, -0.25) is 10.2 Å². The van der Waals surface area contributed by atoms with Gasteiger partial charge in [-0.1, -0.05) is 0 Å². The van der Waals surface area contributed by atoms with Crippen LogP contribution in [0.1, 0.15) is 80.9 Å². The molecule has 3 aromatic rings. The Kier molecular flexibility index (Phi) is 8.12. The lowest BCUT2D eigenvalue weighted by Crippen LogP contribution is -2.46. The molecule has 0 spiro atoms. The Labute approximate surface area is 237 Å². The van der Waals surface area contributed by atoms with Crippen LogP contribution in [-0.2, 0) is 4.74 Å². The molecule has 220 valence electrons. The molecule has 1 aromatic carbocycles. The third-order valence-corrected chi connectivity index (χ3v) is 7.23. The van der Waals surface area contributed by atoms with E-state index in [2.05, 4.69) is 31.1 Å². The van der Waals surface area contributed by atoms with Crippen molar-refractivity contribution in [1.82, 2.24) is 31.1 Å². The molecule has 0 bridgehead atoms.